The number of unbranched alkanes of at least 4 members (excludes halogenated alkanes) is 25. The lowest BCUT2D eigenvalue weighted by Gasteiger charge is -2.24. The molecule has 0 saturated carbocycles. The summed E-state index contributed by atoms with van der Waals surface area (Å²) in [6.45, 7) is 6.41. The Bertz CT molecular complexity index is 1140. The minimum Gasteiger partial charge on any atom is -0.462 e. The number of nitrogens with one attached hydrogen (secondary N) is 1. The average molecular weight is 852 g/mol. The zero-order valence-electron chi connectivity index (χ0n) is 40.0. The van der Waals surface area contributed by atoms with Crippen molar-refractivity contribution in [1.82, 2.24) is 5.32 Å². The standard InChI is InChI=1S/C55H97NO5/c1-4-7-10-13-16-19-22-24-26-28-30-32-34-37-40-43-46-51(49-54(59)56-52(50-57)53(58)47-44-41-38-35-21-18-15-12-9-6-3)61-55(60)48-45-42-39-36-33-31-29-27-25-23-20-17-14-11-8-5-2/h16,19,22,24,26-33,51-53,57-58H,4-15,17-18,20-21,23,25,34-50H2,1-3H3,(H,56,59)/b19-16+,24-22+,28-26+,29-27+,32-30+,33-31+. The number of rotatable bonds is 45. The van der Waals surface area contributed by atoms with Gasteiger partial charge in [0, 0.05) is 6.42 Å². The fourth-order valence-electron chi connectivity index (χ4n) is 7.43. The van der Waals surface area contributed by atoms with Gasteiger partial charge in [-0.3, -0.25) is 9.59 Å². The van der Waals surface area contributed by atoms with Crippen LogP contribution in [0.5, 0.6) is 0 Å². The van der Waals surface area contributed by atoms with E-state index in [0.717, 1.165) is 83.5 Å². The molecule has 0 fully saturated rings. The van der Waals surface area contributed by atoms with E-state index >= 15 is 0 Å². The molecule has 0 rings (SSSR count). The van der Waals surface area contributed by atoms with Crippen molar-refractivity contribution in [2.24, 2.45) is 0 Å². The predicted molar refractivity (Wildman–Crippen MR) is 264 cm³/mol. The van der Waals surface area contributed by atoms with Crippen molar-refractivity contribution >= 4 is 11.9 Å². The van der Waals surface area contributed by atoms with Crippen LogP contribution in [0.4, 0.5) is 0 Å². The van der Waals surface area contributed by atoms with Gasteiger partial charge in [-0.1, -0.05) is 222 Å². The lowest BCUT2D eigenvalue weighted by Crippen LogP contribution is -2.46. The predicted octanol–water partition coefficient (Wildman–Crippen LogP) is 15.4. The molecule has 61 heavy (non-hydrogen) atoms. The Morgan fingerprint density at radius 3 is 1.33 bits per heavy atom. The summed E-state index contributed by atoms with van der Waals surface area (Å²) in [5.41, 5.74) is 0. The van der Waals surface area contributed by atoms with Crippen LogP contribution in [-0.2, 0) is 14.3 Å². The molecular weight excluding hydrogens is 755 g/mol. The molecule has 0 aliphatic rings. The molecule has 1 amide bonds. The molecule has 3 unspecified atom stereocenters. The number of hydrogen-bond donors (Lipinski definition) is 3. The Labute approximate surface area is 377 Å². The number of amides is 1. The van der Waals surface area contributed by atoms with Gasteiger partial charge in [0.15, 0.2) is 0 Å². The summed E-state index contributed by atoms with van der Waals surface area (Å²) in [5, 5.41) is 23.7. The molecule has 0 aromatic rings. The van der Waals surface area contributed by atoms with E-state index in [0.29, 0.717) is 19.3 Å². The maximum absolute atomic E-state index is 13.2. The van der Waals surface area contributed by atoms with E-state index in [-0.39, 0.29) is 24.9 Å². The molecule has 0 aliphatic carbocycles. The average Bonchev–Trinajstić information content (AvgIpc) is 3.25. The highest BCUT2D eigenvalue weighted by Gasteiger charge is 2.24. The minimum absolute atomic E-state index is 0.0383. The summed E-state index contributed by atoms with van der Waals surface area (Å²) in [7, 11) is 0. The molecule has 0 aliphatic heterocycles. The molecule has 6 heteroatoms. The van der Waals surface area contributed by atoms with Gasteiger partial charge in [-0.25, -0.2) is 0 Å². The summed E-state index contributed by atoms with van der Waals surface area (Å²) in [6, 6.07) is -0.722. The largest absolute Gasteiger partial charge is 0.462 e. The van der Waals surface area contributed by atoms with E-state index in [4.69, 9.17) is 4.74 Å². The highest BCUT2D eigenvalue weighted by atomic mass is 16.5. The number of aliphatic hydroxyl groups is 2. The van der Waals surface area contributed by atoms with E-state index < -0.39 is 18.2 Å². The van der Waals surface area contributed by atoms with Crippen LogP contribution < -0.4 is 5.32 Å². The van der Waals surface area contributed by atoms with E-state index in [9.17, 15) is 19.8 Å². The SMILES string of the molecule is CCCCC/C=C/C=C/C=C/C=C/CCCCCC(CC(=O)NC(CO)C(O)CCCCCCCCCCCC)OC(=O)CCCCC/C=C/C=C/CCCCCCCCC. The Morgan fingerprint density at radius 1 is 0.475 bits per heavy atom. The van der Waals surface area contributed by atoms with Gasteiger partial charge in [0.25, 0.3) is 0 Å². The third kappa shape index (κ3) is 43.7. The first-order valence-corrected chi connectivity index (χ1v) is 25.7. The molecule has 0 radical (unpaired) electrons. The van der Waals surface area contributed by atoms with Gasteiger partial charge in [0.1, 0.15) is 6.10 Å². The molecule has 0 saturated heterocycles. The van der Waals surface area contributed by atoms with E-state index in [2.05, 4.69) is 92.9 Å². The molecular formula is C55H97NO5. The maximum atomic E-state index is 13.2. The second-order valence-corrected chi connectivity index (χ2v) is 17.3. The third-order valence-electron chi connectivity index (χ3n) is 11.4. The van der Waals surface area contributed by atoms with Gasteiger partial charge in [0.05, 0.1) is 25.2 Å². The zero-order valence-corrected chi connectivity index (χ0v) is 40.0. The lowest BCUT2D eigenvalue weighted by molar-refractivity contribution is -0.151. The van der Waals surface area contributed by atoms with Crippen LogP contribution in [0.25, 0.3) is 0 Å². The molecule has 3 atom stereocenters. The van der Waals surface area contributed by atoms with Crippen LogP contribution >= 0.6 is 0 Å². The number of allylic oxidation sites excluding steroid dienone is 12. The van der Waals surface area contributed by atoms with Crippen molar-refractivity contribution in [3.8, 4) is 0 Å². The van der Waals surface area contributed by atoms with Gasteiger partial charge in [-0.2, -0.15) is 0 Å². The fourth-order valence-corrected chi connectivity index (χ4v) is 7.43. The molecule has 0 aromatic carbocycles. The van der Waals surface area contributed by atoms with Crippen molar-refractivity contribution in [3.05, 3.63) is 72.9 Å². The number of carbonyl (C=O) groups is 2. The summed E-state index contributed by atoms with van der Waals surface area (Å²) < 4.78 is 5.90. The molecule has 0 bridgehead atoms. The summed E-state index contributed by atoms with van der Waals surface area (Å²) in [5.74, 6) is -0.546. The van der Waals surface area contributed by atoms with Crippen molar-refractivity contribution in [1.29, 1.82) is 0 Å². The van der Waals surface area contributed by atoms with Gasteiger partial charge in [-0.15, -0.1) is 0 Å². The maximum Gasteiger partial charge on any atom is 0.306 e. The number of hydrogen-bond acceptors (Lipinski definition) is 5. The topological polar surface area (TPSA) is 95.9 Å². The summed E-state index contributed by atoms with van der Waals surface area (Å²) in [6.07, 6.45) is 61.0. The summed E-state index contributed by atoms with van der Waals surface area (Å²) in [4.78, 5) is 26.1. The smallest absolute Gasteiger partial charge is 0.306 e. The second-order valence-electron chi connectivity index (χ2n) is 17.3. The Morgan fingerprint density at radius 2 is 0.836 bits per heavy atom. The molecule has 352 valence electrons. The summed E-state index contributed by atoms with van der Waals surface area (Å²) >= 11 is 0. The van der Waals surface area contributed by atoms with Gasteiger partial charge >= 0.3 is 5.97 Å². The molecule has 6 nitrogen and oxygen atoms in total. The monoisotopic (exact) mass is 852 g/mol. The van der Waals surface area contributed by atoms with E-state index in [1.165, 1.54) is 109 Å². The second kappa shape index (κ2) is 48.3. The highest BCUT2D eigenvalue weighted by Crippen LogP contribution is 2.17. The van der Waals surface area contributed by atoms with Crippen LogP contribution in [0.1, 0.15) is 239 Å². The quantitative estimate of drug-likeness (QED) is 0.0322. The first-order valence-electron chi connectivity index (χ1n) is 25.7. The van der Waals surface area contributed by atoms with Crippen molar-refractivity contribution in [3.63, 3.8) is 0 Å². The zero-order chi connectivity index (χ0) is 44.5. The molecule has 3 N–H and O–H groups in total. The Hall–Kier alpha value is -2.70. The highest BCUT2D eigenvalue weighted by molar-refractivity contribution is 5.77. The van der Waals surface area contributed by atoms with E-state index in [1.807, 2.05) is 6.08 Å². The molecule has 0 spiro atoms. The lowest BCUT2D eigenvalue weighted by atomic mass is 10.0. The van der Waals surface area contributed by atoms with Crippen LogP contribution in [0.15, 0.2) is 72.9 Å². The van der Waals surface area contributed by atoms with Gasteiger partial charge in [-0.05, 0) is 77.0 Å². The first-order chi connectivity index (χ1) is 30.0. The fraction of sp³-hybridized carbons (Fsp3) is 0.745. The number of esters is 1. The van der Waals surface area contributed by atoms with Crippen LogP contribution in [0.2, 0.25) is 0 Å². The van der Waals surface area contributed by atoms with Gasteiger partial charge < -0.3 is 20.3 Å². The van der Waals surface area contributed by atoms with Crippen LogP contribution in [0.3, 0.4) is 0 Å². The normalized spacial score (nSPS) is 13.9. The van der Waals surface area contributed by atoms with Crippen molar-refractivity contribution in [2.75, 3.05) is 6.61 Å². The third-order valence-corrected chi connectivity index (χ3v) is 11.4. The minimum atomic E-state index is -0.805. The van der Waals surface area contributed by atoms with Gasteiger partial charge in [0.2, 0.25) is 5.91 Å². The molecule has 0 aromatic heterocycles. The van der Waals surface area contributed by atoms with E-state index in [1.54, 1.807) is 0 Å². The number of carbonyl (C=O) groups excluding carboxylic acids is 2. The number of ether oxygens (including phenoxy) is 1. The number of aliphatic hydroxyl groups excluding tert-OH is 2. The van der Waals surface area contributed by atoms with Crippen LogP contribution in [0, 0.1) is 0 Å². The Balaban J connectivity index is 4.74. The van der Waals surface area contributed by atoms with Crippen LogP contribution in [-0.4, -0.2) is 46.9 Å². The van der Waals surface area contributed by atoms with Crippen molar-refractivity contribution in [2.45, 2.75) is 257 Å². The molecule has 0 heterocycles. The van der Waals surface area contributed by atoms with Crippen molar-refractivity contribution < 1.29 is 24.5 Å². The first kappa shape index (κ1) is 58.3. The Kier molecular flexibility index (Phi) is 46.2.